The first-order valence-corrected chi connectivity index (χ1v) is 8.40. The zero-order chi connectivity index (χ0) is 19.9. The standard InChI is InChI=1S/C21H13F3N4/c1-21(23,24)19-8-9-28-18(12-26-20(28)27-19)13-6-7-17(22)16(10-13)15-5-3-2-4-14(15)11-25/h2-10,12H,1H3. The lowest BCUT2D eigenvalue weighted by atomic mass is 9.97. The molecule has 0 saturated heterocycles. The fourth-order valence-electron chi connectivity index (χ4n) is 3.04. The lowest BCUT2D eigenvalue weighted by Gasteiger charge is -2.11. The van der Waals surface area contributed by atoms with Crippen molar-refractivity contribution in [2.75, 3.05) is 0 Å². The van der Waals surface area contributed by atoms with E-state index < -0.39 is 11.7 Å². The van der Waals surface area contributed by atoms with Crippen molar-refractivity contribution < 1.29 is 13.2 Å². The smallest absolute Gasteiger partial charge is 0.284 e. The van der Waals surface area contributed by atoms with Crippen LogP contribution in [0.15, 0.2) is 60.9 Å². The summed E-state index contributed by atoms with van der Waals surface area (Å²) in [5.41, 5.74) is 1.92. The first kappa shape index (κ1) is 17.7. The Hall–Kier alpha value is -3.66. The van der Waals surface area contributed by atoms with Crippen molar-refractivity contribution in [3.05, 3.63) is 78.0 Å². The molecule has 28 heavy (non-hydrogen) atoms. The van der Waals surface area contributed by atoms with Crippen LogP contribution >= 0.6 is 0 Å². The van der Waals surface area contributed by atoms with Gasteiger partial charge >= 0.3 is 0 Å². The van der Waals surface area contributed by atoms with Crippen LogP contribution in [-0.4, -0.2) is 14.4 Å². The Labute approximate surface area is 158 Å². The number of nitrogens with zero attached hydrogens (tertiary/aromatic N) is 4. The van der Waals surface area contributed by atoms with Crippen molar-refractivity contribution >= 4 is 5.78 Å². The zero-order valence-electron chi connectivity index (χ0n) is 14.7. The minimum Gasteiger partial charge on any atom is -0.284 e. The molecule has 0 saturated carbocycles. The van der Waals surface area contributed by atoms with Crippen LogP contribution in [0.5, 0.6) is 0 Å². The summed E-state index contributed by atoms with van der Waals surface area (Å²) in [5, 5.41) is 9.30. The molecule has 138 valence electrons. The van der Waals surface area contributed by atoms with Crippen molar-refractivity contribution in [3.8, 4) is 28.5 Å². The Morgan fingerprint density at radius 3 is 2.61 bits per heavy atom. The summed E-state index contributed by atoms with van der Waals surface area (Å²) < 4.78 is 43.0. The molecular weight excluding hydrogens is 365 g/mol. The van der Waals surface area contributed by atoms with Crippen LogP contribution in [0, 0.1) is 17.1 Å². The second-order valence-electron chi connectivity index (χ2n) is 6.37. The highest BCUT2D eigenvalue weighted by atomic mass is 19.3. The summed E-state index contributed by atoms with van der Waals surface area (Å²) >= 11 is 0. The number of nitriles is 1. The third kappa shape index (κ3) is 2.99. The first-order chi connectivity index (χ1) is 13.4. The molecule has 2 aromatic carbocycles. The summed E-state index contributed by atoms with van der Waals surface area (Å²) in [6.07, 6.45) is 2.96. The van der Waals surface area contributed by atoms with Crippen LogP contribution in [0.1, 0.15) is 18.2 Å². The third-order valence-electron chi connectivity index (χ3n) is 4.43. The number of aromatic nitrogens is 3. The van der Waals surface area contributed by atoms with Gasteiger partial charge < -0.3 is 0 Å². The van der Waals surface area contributed by atoms with Gasteiger partial charge in [-0.15, -0.1) is 0 Å². The van der Waals surface area contributed by atoms with E-state index in [9.17, 15) is 18.4 Å². The molecule has 0 spiro atoms. The number of halogens is 3. The number of alkyl halides is 2. The predicted molar refractivity (Wildman–Crippen MR) is 98.1 cm³/mol. The maximum Gasteiger partial charge on any atom is 0.287 e. The van der Waals surface area contributed by atoms with E-state index in [0.717, 1.165) is 6.92 Å². The number of fused-ring (bicyclic) bond motifs is 1. The van der Waals surface area contributed by atoms with Gasteiger partial charge in [0.25, 0.3) is 5.92 Å². The molecule has 4 aromatic rings. The molecule has 0 fully saturated rings. The third-order valence-corrected chi connectivity index (χ3v) is 4.43. The normalized spacial score (nSPS) is 11.5. The van der Waals surface area contributed by atoms with Crippen molar-refractivity contribution in [1.82, 2.24) is 14.4 Å². The summed E-state index contributed by atoms with van der Waals surface area (Å²) in [7, 11) is 0. The molecule has 7 heteroatoms. The highest BCUT2D eigenvalue weighted by Gasteiger charge is 2.27. The Morgan fingerprint density at radius 1 is 1.07 bits per heavy atom. The van der Waals surface area contributed by atoms with E-state index in [0.29, 0.717) is 22.4 Å². The average molecular weight is 378 g/mol. The average Bonchev–Trinajstić information content (AvgIpc) is 3.11. The molecule has 0 atom stereocenters. The van der Waals surface area contributed by atoms with E-state index in [2.05, 4.69) is 16.0 Å². The quantitative estimate of drug-likeness (QED) is 0.493. The number of benzene rings is 2. The van der Waals surface area contributed by atoms with Gasteiger partial charge in [0.2, 0.25) is 5.78 Å². The van der Waals surface area contributed by atoms with Gasteiger partial charge in [0.05, 0.1) is 23.5 Å². The van der Waals surface area contributed by atoms with E-state index in [1.54, 1.807) is 40.8 Å². The van der Waals surface area contributed by atoms with Gasteiger partial charge in [0.15, 0.2) is 0 Å². The lowest BCUT2D eigenvalue weighted by Crippen LogP contribution is -2.10. The van der Waals surface area contributed by atoms with Crippen molar-refractivity contribution in [2.24, 2.45) is 0 Å². The van der Waals surface area contributed by atoms with E-state index in [1.807, 2.05) is 0 Å². The largest absolute Gasteiger partial charge is 0.287 e. The van der Waals surface area contributed by atoms with Crippen LogP contribution in [0.2, 0.25) is 0 Å². The van der Waals surface area contributed by atoms with E-state index >= 15 is 0 Å². The molecule has 0 aliphatic heterocycles. The molecule has 0 radical (unpaired) electrons. The predicted octanol–water partition coefficient (Wildman–Crippen LogP) is 5.19. The Kier molecular flexibility index (Phi) is 4.12. The van der Waals surface area contributed by atoms with E-state index in [4.69, 9.17) is 0 Å². The maximum absolute atomic E-state index is 14.5. The molecule has 0 bridgehead atoms. The van der Waals surface area contributed by atoms with Gasteiger partial charge in [-0.1, -0.05) is 18.2 Å². The second-order valence-corrected chi connectivity index (χ2v) is 6.37. The van der Waals surface area contributed by atoms with Crippen molar-refractivity contribution in [2.45, 2.75) is 12.8 Å². The molecule has 0 amide bonds. The molecule has 0 unspecified atom stereocenters. The van der Waals surface area contributed by atoms with Crippen LogP contribution in [0.4, 0.5) is 13.2 Å². The van der Waals surface area contributed by atoms with Crippen molar-refractivity contribution in [1.29, 1.82) is 5.26 Å². The molecule has 4 nitrogen and oxygen atoms in total. The molecular formula is C21H13F3N4. The van der Waals surface area contributed by atoms with E-state index in [1.165, 1.54) is 24.5 Å². The molecule has 2 aromatic heterocycles. The minimum absolute atomic E-state index is 0.123. The summed E-state index contributed by atoms with van der Waals surface area (Å²) in [4.78, 5) is 8.00. The first-order valence-electron chi connectivity index (χ1n) is 8.40. The van der Waals surface area contributed by atoms with Crippen LogP contribution in [-0.2, 0) is 5.92 Å². The Bertz CT molecular complexity index is 1230. The summed E-state index contributed by atoms with van der Waals surface area (Å²) in [5.74, 6) is -3.42. The molecule has 0 aliphatic carbocycles. The molecule has 0 N–H and O–H groups in total. The van der Waals surface area contributed by atoms with Gasteiger partial charge in [-0.25, -0.2) is 14.4 Å². The fraction of sp³-hybridized carbons (Fsp3) is 0.0952. The number of imidazole rings is 1. The number of hydrogen-bond donors (Lipinski definition) is 0. The van der Waals surface area contributed by atoms with Gasteiger partial charge in [0.1, 0.15) is 11.5 Å². The topological polar surface area (TPSA) is 54.0 Å². The second kappa shape index (κ2) is 6.50. The van der Waals surface area contributed by atoms with E-state index in [-0.39, 0.29) is 17.0 Å². The van der Waals surface area contributed by atoms with Gasteiger partial charge in [0, 0.05) is 29.8 Å². The Morgan fingerprint density at radius 2 is 1.86 bits per heavy atom. The number of rotatable bonds is 3. The van der Waals surface area contributed by atoms with Crippen LogP contribution in [0.25, 0.3) is 28.2 Å². The van der Waals surface area contributed by atoms with Crippen molar-refractivity contribution in [3.63, 3.8) is 0 Å². The molecule has 2 heterocycles. The van der Waals surface area contributed by atoms with Gasteiger partial charge in [-0.3, -0.25) is 4.40 Å². The maximum atomic E-state index is 14.5. The summed E-state index contributed by atoms with van der Waals surface area (Å²) in [6, 6.07) is 14.5. The van der Waals surface area contributed by atoms with Gasteiger partial charge in [-0.05, 0) is 30.3 Å². The lowest BCUT2D eigenvalue weighted by molar-refractivity contribution is 0.0129. The van der Waals surface area contributed by atoms with Crippen LogP contribution < -0.4 is 0 Å². The highest BCUT2D eigenvalue weighted by Crippen LogP contribution is 2.32. The molecule has 0 aliphatic rings. The Balaban J connectivity index is 1.86. The fourth-order valence-corrected chi connectivity index (χ4v) is 3.04. The van der Waals surface area contributed by atoms with Gasteiger partial charge in [-0.2, -0.15) is 14.0 Å². The SMILES string of the molecule is CC(F)(F)c1ccn2c(-c3ccc(F)c(-c4ccccc4C#N)c3)cnc2n1. The summed E-state index contributed by atoms with van der Waals surface area (Å²) in [6.45, 7) is 0.772. The molecule has 4 rings (SSSR count). The minimum atomic E-state index is -3.07. The number of hydrogen-bond acceptors (Lipinski definition) is 3. The highest BCUT2D eigenvalue weighted by molar-refractivity contribution is 5.76. The monoisotopic (exact) mass is 378 g/mol. The zero-order valence-corrected chi connectivity index (χ0v) is 14.7. The van der Waals surface area contributed by atoms with Crippen LogP contribution in [0.3, 0.4) is 0 Å².